The lowest BCUT2D eigenvalue weighted by molar-refractivity contribution is 0.228. The van der Waals surface area contributed by atoms with E-state index in [1.165, 1.54) is 5.56 Å². The minimum atomic E-state index is 0.139. The van der Waals surface area contributed by atoms with E-state index in [0.29, 0.717) is 5.75 Å². The zero-order chi connectivity index (χ0) is 17.5. The van der Waals surface area contributed by atoms with Crippen LogP contribution in [0.25, 0.3) is 11.0 Å². The molecule has 6 nitrogen and oxygen atoms in total. The number of hydrogen-bond donors (Lipinski definition) is 3. The van der Waals surface area contributed by atoms with E-state index in [1.807, 2.05) is 24.4 Å². The number of aromatic nitrogens is 4. The standard InChI is InChI=1S/C20H19N5O/c26-15-4-1-3-13(7-15)17-10-25(11-18-19(17)24-12-23-18)9-14-8-22-20-16(14)5-2-6-21-20/h1-8,12,17,26H,9-11H2,(H,21,22)(H,23,24). The van der Waals surface area contributed by atoms with Crippen LogP contribution in [0.1, 0.15) is 28.4 Å². The molecule has 5 rings (SSSR count). The monoisotopic (exact) mass is 345 g/mol. The Balaban J connectivity index is 1.48. The van der Waals surface area contributed by atoms with E-state index >= 15 is 0 Å². The Morgan fingerprint density at radius 3 is 3.04 bits per heavy atom. The van der Waals surface area contributed by atoms with Gasteiger partial charge in [-0.3, -0.25) is 4.90 Å². The van der Waals surface area contributed by atoms with E-state index in [1.54, 1.807) is 18.6 Å². The maximum atomic E-state index is 9.88. The summed E-state index contributed by atoms with van der Waals surface area (Å²) in [7, 11) is 0. The number of nitrogens with zero attached hydrogens (tertiary/aromatic N) is 3. The summed E-state index contributed by atoms with van der Waals surface area (Å²) in [6, 6.07) is 11.6. The fraction of sp³-hybridized carbons (Fsp3) is 0.200. The van der Waals surface area contributed by atoms with Crippen molar-refractivity contribution in [2.45, 2.75) is 19.0 Å². The number of phenols is 1. The summed E-state index contributed by atoms with van der Waals surface area (Å²) in [5, 5.41) is 11.0. The number of hydrogen-bond acceptors (Lipinski definition) is 4. The molecule has 3 aromatic heterocycles. The van der Waals surface area contributed by atoms with E-state index in [0.717, 1.165) is 47.6 Å². The number of nitrogens with one attached hydrogen (secondary N) is 2. The van der Waals surface area contributed by atoms with Gasteiger partial charge in [-0.05, 0) is 35.4 Å². The zero-order valence-electron chi connectivity index (χ0n) is 14.2. The maximum absolute atomic E-state index is 9.88. The highest BCUT2D eigenvalue weighted by Gasteiger charge is 2.29. The second kappa shape index (κ2) is 6.00. The minimum Gasteiger partial charge on any atom is -0.508 e. The summed E-state index contributed by atoms with van der Waals surface area (Å²) < 4.78 is 0. The number of imidazole rings is 1. The molecule has 4 heterocycles. The Hall–Kier alpha value is -3.12. The van der Waals surface area contributed by atoms with Crippen LogP contribution in [0.5, 0.6) is 5.75 Å². The van der Waals surface area contributed by atoms with Gasteiger partial charge in [0.2, 0.25) is 0 Å². The first-order valence-electron chi connectivity index (χ1n) is 8.72. The first-order chi connectivity index (χ1) is 12.8. The third kappa shape index (κ3) is 2.55. The predicted molar refractivity (Wildman–Crippen MR) is 98.7 cm³/mol. The molecule has 1 unspecified atom stereocenters. The second-order valence-corrected chi connectivity index (χ2v) is 6.80. The van der Waals surface area contributed by atoms with Gasteiger partial charge in [0, 0.05) is 43.3 Å². The van der Waals surface area contributed by atoms with Crippen LogP contribution in [0, 0.1) is 0 Å². The lowest BCUT2D eigenvalue weighted by Gasteiger charge is -2.32. The van der Waals surface area contributed by atoms with Gasteiger partial charge in [0.15, 0.2) is 0 Å². The van der Waals surface area contributed by atoms with Gasteiger partial charge >= 0.3 is 0 Å². The van der Waals surface area contributed by atoms with Crippen molar-refractivity contribution in [3.8, 4) is 5.75 Å². The van der Waals surface area contributed by atoms with Crippen molar-refractivity contribution < 1.29 is 5.11 Å². The normalized spacial score (nSPS) is 17.5. The van der Waals surface area contributed by atoms with E-state index in [-0.39, 0.29) is 5.92 Å². The molecule has 1 atom stereocenters. The van der Waals surface area contributed by atoms with Crippen molar-refractivity contribution in [3.63, 3.8) is 0 Å². The predicted octanol–water partition coefficient (Wildman–Crippen LogP) is 3.14. The molecule has 1 aliphatic heterocycles. The van der Waals surface area contributed by atoms with E-state index in [4.69, 9.17) is 0 Å². The quantitative estimate of drug-likeness (QED) is 0.533. The molecule has 0 fully saturated rings. The number of benzene rings is 1. The first kappa shape index (κ1) is 15.2. The van der Waals surface area contributed by atoms with Crippen LogP contribution in [0.3, 0.4) is 0 Å². The Morgan fingerprint density at radius 2 is 2.12 bits per heavy atom. The van der Waals surface area contributed by atoms with Crippen LogP contribution >= 0.6 is 0 Å². The molecule has 3 N–H and O–H groups in total. The van der Waals surface area contributed by atoms with Crippen molar-refractivity contribution in [1.29, 1.82) is 0 Å². The number of H-pyrrole nitrogens is 2. The largest absolute Gasteiger partial charge is 0.508 e. The summed E-state index contributed by atoms with van der Waals surface area (Å²) in [5.41, 5.74) is 5.47. The van der Waals surface area contributed by atoms with Gasteiger partial charge in [0.25, 0.3) is 0 Å². The molecule has 4 aromatic rings. The third-order valence-corrected chi connectivity index (χ3v) is 5.11. The zero-order valence-corrected chi connectivity index (χ0v) is 14.2. The molecule has 0 radical (unpaired) electrons. The van der Waals surface area contributed by atoms with Gasteiger partial charge in [0.05, 0.1) is 17.7 Å². The minimum absolute atomic E-state index is 0.139. The summed E-state index contributed by atoms with van der Waals surface area (Å²) >= 11 is 0. The van der Waals surface area contributed by atoms with E-state index in [2.05, 4.69) is 37.0 Å². The molecule has 0 saturated carbocycles. The van der Waals surface area contributed by atoms with Crippen LogP contribution < -0.4 is 0 Å². The highest BCUT2D eigenvalue weighted by molar-refractivity contribution is 5.79. The fourth-order valence-corrected chi connectivity index (χ4v) is 3.90. The lowest BCUT2D eigenvalue weighted by atomic mass is 9.90. The molecule has 0 saturated heterocycles. The molecular weight excluding hydrogens is 326 g/mol. The molecule has 1 aromatic carbocycles. The average Bonchev–Trinajstić information content (AvgIpc) is 3.28. The molecule has 6 heteroatoms. The molecule has 0 bridgehead atoms. The first-order valence-corrected chi connectivity index (χ1v) is 8.72. The number of phenolic OH excluding ortho intramolecular Hbond substituents is 1. The number of aromatic amines is 2. The Bertz CT molecular complexity index is 1070. The molecule has 1 aliphatic rings. The van der Waals surface area contributed by atoms with Crippen LogP contribution in [-0.2, 0) is 13.1 Å². The Morgan fingerprint density at radius 1 is 1.15 bits per heavy atom. The SMILES string of the molecule is Oc1cccc(C2CN(Cc3c[nH]c4ncccc34)Cc3[nH]cnc32)c1. The van der Waals surface area contributed by atoms with Crippen LogP contribution in [0.4, 0.5) is 0 Å². The lowest BCUT2D eigenvalue weighted by Crippen LogP contribution is -2.33. The molecular formula is C20H19N5O. The van der Waals surface area contributed by atoms with Gasteiger partial charge in [-0.2, -0.15) is 0 Å². The van der Waals surface area contributed by atoms with Crippen LogP contribution in [0.15, 0.2) is 55.1 Å². The van der Waals surface area contributed by atoms with E-state index < -0.39 is 0 Å². The fourth-order valence-electron chi connectivity index (χ4n) is 3.90. The number of rotatable bonds is 3. The van der Waals surface area contributed by atoms with Crippen LogP contribution in [0.2, 0.25) is 0 Å². The molecule has 130 valence electrons. The van der Waals surface area contributed by atoms with E-state index in [9.17, 15) is 5.11 Å². The van der Waals surface area contributed by atoms with Crippen LogP contribution in [-0.4, -0.2) is 36.5 Å². The van der Waals surface area contributed by atoms with Gasteiger partial charge in [-0.25, -0.2) is 9.97 Å². The highest BCUT2D eigenvalue weighted by Crippen LogP contribution is 2.33. The van der Waals surface area contributed by atoms with Crippen molar-refractivity contribution in [1.82, 2.24) is 24.8 Å². The molecule has 0 aliphatic carbocycles. The number of fused-ring (bicyclic) bond motifs is 2. The van der Waals surface area contributed by atoms with Gasteiger partial charge in [-0.15, -0.1) is 0 Å². The van der Waals surface area contributed by atoms with Crippen molar-refractivity contribution in [3.05, 3.63) is 77.6 Å². The summed E-state index contributed by atoms with van der Waals surface area (Å²) in [4.78, 5) is 17.9. The summed E-state index contributed by atoms with van der Waals surface area (Å²) in [6.07, 6.45) is 5.61. The third-order valence-electron chi connectivity index (χ3n) is 5.11. The Labute approximate surface area is 150 Å². The summed E-state index contributed by atoms with van der Waals surface area (Å²) in [5.74, 6) is 0.430. The smallest absolute Gasteiger partial charge is 0.137 e. The van der Waals surface area contributed by atoms with Crippen molar-refractivity contribution in [2.24, 2.45) is 0 Å². The van der Waals surface area contributed by atoms with Gasteiger partial charge < -0.3 is 15.1 Å². The molecule has 0 amide bonds. The Kier molecular flexibility index (Phi) is 3.50. The van der Waals surface area contributed by atoms with Gasteiger partial charge in [0.1, 0.15) is 11.4 Å². The molecule has 0 spiro atoms. The maximum Gasteiger partial charge on any atom is 0.137 e. The number of pyridine rings is 1. The van der Waals surface area contributed by atoms with Gasteiger partial charge in [-0.1, -0.05) is 12.1 Å². The summed E-state index contributed by atoms with van der Waals surface area (Å²) in [6.45, 7) is 2.52. The van der Waals surface area contributed by atoms with Crippen molar-refractivity contribution >= 4 is 11.0 Å². The molecule has 26 heavy (non-hydrogen) atoms. The van der Waals surface area contributed by atoms with Crippen molar-refractivity contribution in [2.75, 3.05) is 6.54 Å². The second-order valence-electron chi connectivity index (χ2n) is 6.80. The average molecular weight is 345 g/mol. The highest BCUT2D eigenvalue weighted by atomic mass is 16.3. The topological polar surface area (TPSA) is 80.8 Å². The number of aromatic hydroxyl groups is 1.